The zero-order chi connectivity index (χ0) is 80.6. The maximum absolute atomic E-state index is 2.44. The minimum Gasteiger partial charge on any atom is -0.310 e. The maximum Gasteiger partial charge on any atom is 0.0540 e. The van der Waals surface area contributed by atoms with E-state index in [2.05, 4.69) is 492 Å². The largest absolute Gasteiger partial charge is 0.310 e. The van der Waals surface area contributed by atoms with Gasteiger partial charge in [-0.05, 0) is 240 Å². The third kappa shape index (κ3) is 13.0. The van der Waals surface area contributed by atoms with Crippen LogP contribution in [0.4, 0.5) is 51.2 Å². The van der Waals surface area contributed by atoms with Gasteiger partial charge >= 0.3 is 0 Å². The van der Waals surface area contributed by atoms with E-state index in [1.807, 2.05) is 0 Å². The molecule has 0 heterocycles. The first kappa shape index (κ1) is 75.3. The monoisotopic (exact) mass is 1510 g/mol. The van der Waals surface area contributed by atoms with Gasteiger partial charge in [0.25, 0.3) is 0 Å². The van der Waals surface area contributed by atoms with Crippen LogP contribution in [0.3, 0.4) is 0 Å². The Morgan fingerprint density at radius 2 is 0.436 bits per heavy atom. The average molecular weight is 1510 g/mol. The molecule has 0 saturated heterocycles. The number of benzene rings is 17. The van der Waals surface area contributed by atoms with Crippen LogP contribution in [0, 0.1) is 0 Å². The third-order valence-corrected chi connectivity index (χ3v) is 27.6. The van der Waals surface area contributed by atoms with E-state index in [1.54, 1.807) is 0 Å². The Morgan fingerprint density at radius 3 is 0.897 bits per heavy atom. The lowest BCUT2D eigenvalue weighted by molar-refractivity contribution is 0.299. The Morgan fingerprint density at radius 1 is 0.154 bits per heavy atom. The highest BCUT2D eigenvalue weighted by atomic mass is 15.2. The van der Waals surface area contributed by atoms with Crippen molar-refractivity contribution in [1.29, 1.82) is 0 Å². The van der Waals surface area contributed by atoms with Gasteiger partial charge in [0.2, 0.25) is 0 Å². The fourth-order valence-electron chi connectivity index (χ4n) is 19.0. The molecule has 0 radical (unpaired) electrons. The molecule has 0 bridgehead atoms. The van der Waals surface area contributed by atoms with Gasteiger partial charge in [0.15, 0.2) is 0 Å². The maximum atomic E-state index is 2.44. The molecule has 117 heavy (non-hydrogen) atoms. The summed E-state index contributed by atoms with van der Waals surface area (Å²) < 4.78 is 0. The molecule has 0 atom stereocenters. The van der Waals surface area contributed by atoms with Crippen LogP contribution in [0.5, 0.6) is 0 Å². The molecule has 0 spiro atoms. The van der Waals surface area contributed by atoms with Crippen LogP contribution in [0.15, 0.2) is 394 Å². The number of anilines is 9. The first-order valence-electron chi connectivity index (χ1n) is 41.5. The molecule has 20 rings (SSSR count). The molecule has 3 nitrogen and oxygen atoms in total. The smallest absolute Gasteiger partial charge is 0.0540 e. The van der Waals surface area contributed by atoms with Crippen molar-refractivity contribution >= 4 is 83.5 Å². The Balaban J connectivity index is 0.000000122. The SMILES string of the molecule is CC1(C)c2ccccc2-c2ccc(N(c3ccc(-c4ccccc4)cc3)c3ccccc3-c3ccccc3)cc2C1(C)C.CC1(C)c2ccccc2-c2ccc(N(c3ccc4ccccc4c3)c3ccc4ccccc4c3)cc2C1(C)C.CC1(C)c2ccccc2-c2ccc(N(c3ccccc3)c3cccc4ccccc34)cc2C1(C)C. The van der Waals surface area contributed by atoms with Crippen molar-refractivity contribution in [1.82, 2.24) is 0 Å². The Hall–Kier alpha value is -13.1. The zero-order valence-corrected chi connectivity index (χ0v) is 69.4. The molecular formula is C114H101N3. The van der Waals surface area contributed by atoms with Crippen LogP contribution in [-0.2, 0) is 32.5 Å². The first-order chi connectivity index (χ1) is 56.6. The molecule has 0 aliphatic heterocycles. The predicted octanol–water partition coefficient (Wildman–Crippen LogP) is 32.0. The second-order valence-corrected chi connectivity index (χ2v) is 35.3. The Kier molecular flexibility index (Phi) is 19.1. The normalized spacial score (nSPS) is 14.9. The first-order valence-corrected chi connectivity index (χ1v) is 41.5. The summed E-state index contributed by atoms with van der Waals surface area (Å²) in [4.78, 5) is 7.26. The van der Waals surface area contributed by atoms with Gasteiger partial charge in [0.1, 0.15) is 0 Å². The topological polar surface area (TPSA) is 9.72 Å². The standard InChI is InChI=1S/C42H37N.C38H33N.C34H31N/c1-41(2)38-21-13-11-20-36(38)37-28-27-34(29-39(37)42(41,3)4)43(33-25-23-31(24-26-33)30-15-7-5-8-16-30)40-22-14-12-19-35(40)32-17-9-6-10-18-32;1-37(2)35-16-10-9-15-33(35)34-22-21-32(25-36(34)38(37,3)4)39(30-19-17-26-11-5-7-13-28(26)23-30)31-20-18-27-12-6-8-14-29(27)24-31;1-33(2)30-19-11-10-18-28(30)29-22-21-26(23-31(29)34(33,3)4)35(25-15-6-5-7-16-25)32-20-12-14-24-13-8-9-17-27(24)32/h5-29H,1-4H3;5-25H,1-4H3;5-23H,1-4H3. The summed E-state index contributed by atoms with van der Waals surface area (Å²) in [6, 6.07) is 144. The highest BCUT2D eigenvalue weighted by Gasteiger charge is 2.49. The second kappa shape index (κ2) is 29.6. The summed E-state index contributed by atoms with van der Waals surface area (Å²) in [5.74, 6) is 0. The molecule has 0 aromatic heterocycles. The van der Waals surface area contributed by atoms with Crippen LogP contribution in [0.25, 0.3) is 88.0 Å². The van der Waals surface area contributed by atoms with E-state index in [1.165, 1.54) is 138 Å². The number of hydrogen-bond donors (Lipinski definition) is 0. The van der Waals surface area contributed by atoms with E-state index in [0.717, 1.165) is 34.1 Å². The zero-order valence-electron chi connectivity index (χ0n) is 69.4. The number of rotatable bonds is 11. The van der Waals surface area contributed by atoms with Gasteiger partial charge in [-0.3, -0.25) is 0 Å². The number of hydrogen-bond acceptors (Lipinski definition) is 3. The van der Waals surface area contributed by atoms with Gasteiger partial charge in [0.05, 0.1) is 11.4 Å². The van der Waals surface area contributed by atoms with Crippen molar-refractivity contribution in [3.63, 3.8) is 0 Å². The minimum atomic E-state index is -0.0749. The molecule has 0 amide bonds. The van der Waals surface area contributed by atoms with Crippen LogP contribution < -0.4 is 14.7 Å². The molecule has 3 aliphatic carbocycles. The van der Waals surface area contributed by atoms with Gasteiger partial charge in [-0.2, -0.15) is 0 Å². The third-order valence-electron chi connectivity index (χ3n) is 27.6. The summed E-state index contributed by atoms with van der Waals surface area (Å²) >= 11 is 0. The molecule has 0 fully saturated rings. The predicted molar refractivity (Wildman–Crippen MR) is 501 cm³/mol. The van der Waals surface area contributed by atoms with E-state index in [0.29, 0.717) is 0 Å². The number of para-hydroxylation sites is 2. The summed E-state index contributed by atoms with van der Waals surface area (Å²) in [5.41, 5.74) is 31.7. The van der Waals surface area contributed by atoms with Crippen molar-refractivity contribution in [3.05, 3.63) is 428 Å². The van der Waals surface area contributed by atoms with Crippen molar-refractivity contribution in [2.24, 2.45) is 0 Å². The lowest BCUT2D eigenvalue weighted by Crippen LogP contribution is -2.43. The van der Waals surface area contributed by atoms with E-state index < -0.39 is 0 Å². The van der Waals surface area contributed by atoms with Crippen LogP contribution in [0.1, 0.15) is 116 Å². The van der Waals surface area contributed by atoms with Crippen LogP contribution >= 0.6 is 0 Å². The second-order valence-electron chi connectivity index (χ2n) is 35.3. The van der Waals surface area contributed by atoms with Gasteiger partial charge in [-0.25, -0.2) is 0 Å². The van der Waals surface area contributed by atoms with E-state index in [9.17, 15) is 0 Å². The average Bonchev–Trinajstić information content (AvgIpc) is 0.720. The van der Waals surface area contributed by atoms with E-state index in [4.69, 9.17) is 0 Å². The molecule has 572 valence electrons. The molecule has 17 aromatic carbocycles. The highest BCUT2D eigenvalue weighted by molar-refractivity contribution is 6.00. The Labute approximate surface area is 692 Å². The van der Waals surface area contributed by atoms with Crippen molar-refractivity contribution in [2.45, 2.75) is 116 Å². The summed E-state index contributed by atoms with van der Waals surface area (Å²) in [7, 11) is 0. The fraction of sp³-hybridized carbons (Fsp3) is 0.158. The quantitative estimate of drug-likeness (QED) is 0.128. The highest BCUT2D eigenvalue weighted by Crippen LogP contribution is 2.59. The summed E-state index contributed by atoms with van der Waals surface area (Å²) in [6.45, 7) is 28.8. The molecule has 3 aliphatic rings. The minimum absolute atomic E-state index is 0.00619. The lowest BCUT2D eigenvalue weighted by Gasteiger charge is -2.48. The van der Waals surface area contributed by atoms with Gasteiger partial charge in [0, 0.05) is 50.8 Å². The summed E-state index contributed by atoms with van der Waals surface area (Å²) in [5, 5.41) is 7.50. The molecular weight excluding hydrogens is 1410 g/mol. The van der Waals surface area contributed by atoms with Crippen LogP contribution in [-0.4, -0.2) is 0 Å². The van der Waals surface area contributed by atoms with Crippen LogP contribution in [0.2, 0.25) is 0 Å². The van der Waals surface area contributed by atoms with Gasteiger partial charge in [-0.15, -0.1) is 0 Å². The van der Waals surface area contributed by atoms with E-state index in [-0.39, 0.29) is 32.5 Å². The molecule has 3 heteroatoms. The molecule has 0 saturated carbocycles. The van der Waals surface area contributed by atoms with Gasteiger partial charge in [-0.1, -0.05) is 380 Å². The molecule has 17 aromatic rings. The van der Waals surface area contributed by atoms with Gasteiger partial charge < -0.3 is 14.7 Å². The lowest BCUT2D eigenvalue weighted by atomic mass is 9.55. The van der Waals surface area contributed by atoms with E-state index >= 15 is 0 Å². The van der Waals surface area contributed by atoms with Crippen molar-refractivity contribution in [3.8, 4) is 55.6 Å². The summed E-state index contributed by atoms with van der Waals surface area (Å²) in [6.07, 6.45) is 0. The number of nitrogens with zero attached hydrogens (tertiary/aromatic N) is 3. The Bertz CT molecular complexity index is 6490. The molecule has 0 N–H and O–H groups in total. The van der Waals surface area contributed by atoms with Crippen molar-refractivity contribution < 1.29 is 0 Å². The number of fused-ring (bicyclic) bond motifs is 12. The fourth-order valence-corrected chi connectivity index (χ4v) is 19.0. The van der Waals surface area contributed by atoms with Crippen molar-refractivity contribution in [2.75, 3.05) is 14.7 Å². The molecule has 0 unspecified atom stereocenters.